The monoisotopic (exact) mass is 646 g/mol. The molecule has 0 amide bonds. The standard InChI is InChI=1S/C21H27N.C11H14.C11H16.C4H10/c1-14(2)20-10-9-17(5)21(13-20)22-18(6)15(3)7-8-16(4)19-11-12-19;1-4-10-6-5-7-11(8-10)9(2)3;1-3-4-8-11-9-6-5-7-10(11)2;1-3-4-2/h7,9-10,13,19,22H,1,4,6,8,11-12H2,2-3,5H3;5-8H,2,4H2,1,3H3;5-7,9H,3-4,8H2,1-2H3;3-4H2,1-2H3/b15-7+;;;. The quantitative estimate of drug-likeness (QED) is 0.144. The highest BCUT2D eigenvalue weighted by Gasteiger charge is 2.23. The highest BCUT2D eigenvalue weighted by atomic mass is 14.9. The second kappa shape index (κ2) is 23.5. The predicted molar refractivity (Wildman–Crippen MR) is 220 cm³/mol. The second-order valence-electron chi connectivity index (χ2n) is 13.3. The molecule has 0 aromatic heterocycles. The Bertz CT molecular complexity index is 1470. The van der Waals surface area contributed by atoms with Crippen LogP contribution in [0.4, 0.5) is 5.69 Å². The van der Waals surface area contributed by atoms with E-state index in [0.717, 1.165) is 46.9 Å². The van der Waals surface area contributed by atoms with E-state index >= 15 is 0 Å². The van der Waals surface area contributed by atoms with Crippen molar-refractivity contribution in [1.29, 1.82) is 0 Å². The average Bonchev–Trinajstić information content (AvgIpc) is 3.94. The minimum Gasteiger partial charge on any atom is -0.356 e. The van der Waals surface area contributed by atoms with Gasteiger partial charge in [-0.25, -0.2) is 0 Å². The molecule has 0 bridgehead atoms. The number of allylic oxidation sites excluding steroid dienone is 5. The number of hydrogen-bond acceptors (Lipinski definition) is 1. The van der Waals surface area contributed by atoms with E-state index in [1.165, 1.54) is 83.9 Å². The molecule has 260 valence electrons. The van der Waals surface area contributed by atoms with Crippen molar-refractivity contribution >= 4 is 16.8 Å². The molecule has 3 aromatic rings. The second-order valence-corrected chi connectivity index (χ2v) is 13.3. The lowest BCUT2D eigenvalue weighted by molar-refractivity contribution is 0.791. The molecule has 1 saturated carbocycles. The molecule has 0 radical (unpaired) electrons. The molecule has 0 aliphatic heterocycles. The van der Waals surface area contributed by atoms with Crippen molar-refractivity contribution in [3.8, 4) is 0 Å². The summed E-state index contributed by atoms with van der Waals surface area (Å²) in [6.45, 7) is 35.5. The minimum atomic E-state index is 0.764. The third-order valence-corrected chi connectivity index (χ3v) is 8.71. The van der Waals surface area contributed by atoms with E-state index in [9.17, 15) is 0 Å². The van der Waals surface area contributed by atoms with Gasteiger partial charge in [0.1, 0.15) is 0 Å². The molecule has 1 aliphatic rings. The zero-order chi connectivity index (χ0) is 36.1. The fourth-order valence-corrected chi connectivity index (χ4v) is 4.66. The van der Waals surface area contributed by atoms with Crippen LogP contribution >= 0.6 is 0 Å². The first-order valence-corrected chi connectivity index (χ1v) is 18.2. The zero-order valence-corrected chi connectivity index (χ0v) is 32.2. The van der Waals surface area contributed by atoms with Crippen LogP contribution in [-0.4, -0.2) is 0 Å². The van der Waals surface area contributed by atoms with Crippen LogP contribution in [0.25, 0.3) is 11.1 Å². The number of aryl methyl sites for hydroxylation is 4. The van der Waals surface area contributed by atoms with Crippen molar-refractivity contribution in [1.82, 2.24) is 0 Å². The summed E-state index contributed by atoms with van der Waals surface area (Å²) in [4.78, 5) is 0. The van der Waals surface area contributed by atoms with Gasteiger partial charge in [-0.2, -0.15) is 0 Å². The molecule has 0 unspecified atom stereocenters. The van der Waals surface area contributed by atoms with E-state index in [4.69, 9.17) is 0 Å². The summed E-state index contributed by atoms with van der Waals surface area (Å²) in [6.07, 6.45) is 13.4. The first kappa shape index (κ1) is 42.2. The molecule has 1 aliphatic carbocycles. The summed E-state index contributed by atoms with van der Waals surface area (Å²) in [7, 11) is 0. The minimum absolute atomic E-state index is 0.764. The maximum Gasteiger partial charge on any atom is 0.0419 e. The molecule has 4 rings (SSSR count). The number of anilines is 1. The van der Waals surface area contributed by atoms with Crippen LogP contribution in [0.3, 0.4) is 0 Å². The molecule has 48 heavy (non-hydrogen) atoms. The number of hydrogen-bond donors (Lipinski definition) is 1. The number of rotatable bonds is 13. The van der Waals surface area contributed by atoms with Crippen LogP contribution < -0.4 is 5.32 Å². The predicted octanol–water partition coefficient (Wildman–Crippen LogP) is 14.7. The Morgan fingerprint density at radius 2 is 1.35 bits per heavy atom. The highest BCUT2D eigenvalue weighted by molar-refractivity contribution is 5.69. The van der Waals surface area contributed by atoms with Gasteiger partial charge in [0, 0.05) is 11.4 Å². The summed E-state index contributed by atoms with van der Waals surface area (Å²) in [5.74, 6) is 0.764. The summed E-state index contributed by atoms with van der Waals surface area (Å²) < 4.78 is 0. The number of nitrogens with one attached hydrogen (secondary N) is 1. The SMILES string of the molecule is C=C(C)c1cccc(CC)c1.C=C(Nc1cc(C(=C)C)ccc1C)/C(C)=C/CC(=C)C1CC1.CCCC.CCCCc1ccccc1C. The normalized spacial score (nSPS) is 11.8. The maximum absolute atomic E-state index is 4.17. The molecule has 1 nitrogen and oxygen atoms in total. The molecule has 0 heterocycles. The Balaban J connectivity index is 0.000000371. The Morgan fingerprint density at radius 3 is 1.90 bits per heavy atom. The highest BCUT2D eigenvalue weighted by Crippen LogP contribution is 2.37. The van der Waals surface area contributed by atoms with Gasteiger partial charge in [0.15, 0.2) is 0 Å². The lowest BCUT2D eigenvalue weighted by Gasteiger charge is -2.14. The van der Waals surface area contributed by atoms with Gasteiger partial charge in [-0.15, -0.1) is 0 Å². The van der Waals surface area contributed by atoms with Gasteiger partial charge in [0.2, 0.25) is 0 Å². The van der Waals surface area contributed by atoms with Crippen molar-refractivity contribution in [2.45, 2.75) is 120 Å². The van der Waals surface area contributed by atoms with Crippen LogP contribution in [0.1, 0.15) is 127 Å². The van der Waals surface area contributed by atoms with Crippen molar-refractivity contribution in [3.05, 3.63) is 149 Å². The van der Waals surface area contributed by atoms with Crippen LogP contribution in [-0.2, 0) is 12.8 Å². The molecule has 3 aromatic carbocycles. The smallest absolute Gasteiger partial charge is 0.0419 e. The number of benzene rings is 3. The van der Waals surface area contributed by atoms with Crippen molar-refractivity contribution in [2.24, 2.45) is 5.92 Å². The van der Waals surface area contributed by atoms with Gasteiger partial charge >= 0.3 is 0 Å². The van der Waals surface area contributed by atoms with Crippen molar-refractivity contribution in [3.63, 3.8) is 0 Å². The molecule has 0 spiro atoms. The molecule has 1 fully saturated rings. The Hall–Kier alpha value is -3.84. The maximum atomic E-state index is 4.17. The molecule has 1 N–H and O–H groups in total. The average molecular weight is 646 g/mol. The van der Waals surface area contributed by atoms with Gasteiger partial charge in [-0.3, -0.25) is 0 Å². The fourth-order valence-electron chi connectivity index (χ4n) is 4.66. The Morgan fingerprint density at radius 1 is 0.729 bits per heavy atom. The first-order valence-electron chi connectivity index (χ1n) is 18.2. The van der Waals surface area contributed by atoms with E-state index in [1.807, 2.05) is 13.8 Å². The summed E-state index contributed by atoms with van der Waals surface area (Å²) in [5, 5.41) is 3.44. The molecular formula is C47H67N. The fraction of sp³-hybridized carbons (Fsp3) is 0.404. The zero-order valence-electron chi connectivity index (χ0n) is 32.2. The lowest BCUT2D eigenvalue weighted by Crippen LogP contribution is -2.02. The number of unbranched alkanes of at least 4 members (excludes halogenated alkanes) is 2. The van der Waals surface area contributed by atoms with E-state index in [0.29, 0.717) is 0 Å². The largest absolute Gasteiger partial charge is 0.356 e. The summed E-state index contributed by atoms with van der Waals surface area (Å²) in [5.41, 5.74) is 14.7. The third-order valence-electron chi connectivity index (χ3n) is 8.71. The van der Waals surface area contributed by atoms with E-state index in [2.05, 4.69) is 153 Å². The summed E-state index contributed by atoms with van der Waals surface area (Å²) >= 11 is 0. The topological polar surface area (TPSA) is 12.0 Å². The first-order chi connectivity index (χ1) is 22.9. The van der Waals surface area contributed by atoms with Crippen LogP contribution in [0.15, 0.2) is 116 Å². The third kappa shape index (κ3) is 16.8. The van der Waals surface area contributed by atoms with Gasteiger partial charge in [0.05, 0.1) is 0 Å². The van der Waals surface area contributed by atoms with Crippen molar-refractivity contribution in [2.75, 3.05) is 5.32 Å². The molecule has 0 saturated heterocycles. The van der Waals surface area contributed by atoms with Gasteiger partial charge in [-0.05, 0) is 124 Å². The lowest BCUT2D eigenvalue weighted by atomic mass is 10.0. The van der Waals surface area contributed by atoms with E-state index in [1.54, 1.807) is 0 Å². The Labute approximate surface area is 296 Å². The van der Waals surface area contributed by atoms with Crippen molar-refractivity contribution < 1.29 is 0 Å². The van der Waals surface area contributed by atoms with Crippen LogP contribution in [0.2, 0.25) is 0 Å². The molecular weight excluding hydrogens is 579 g/mol. The van der Waals surface area contributed by atoms with Gasteiger partial charge in [0.25, 0.3) is 0 Å². The van der Waals surface area contributed by atoms with Crippen LogP contribution in [0, 0.1) is 19.8 Å². The summed E-state index contributed by atoms with van der Waals surface area (Å²) in [6, 6.07) is 23.5. The van der Waals surface area contributed by atoms with Crippen LogP contribution in [0.5, 0.6) is 0 Å². The van der Waals surface area contributed by atoms with E-state index in [-0.39, 0.29) is 0 Å². The Kier molecular flexibility index (Phi) is 20.6. The van der Waals surface area contributed by atoms with E-state index < -0.39 is 0 Å². The molecule has 1 heteroatoms. The van der Waals surface area contributed by atoms with Gasteiger partial charge < -0.3 is 5.32 Å². The van der Waals surface area contributed by atoms with Gasteiger partial charge in [-0.1, -0.05) is 157 Å². The molecule has 0 atom stereocenters.